The maximum atomic E-state index is 12.4. The van der Waals surface area contributed by atoms with Gasteiger partial charge in [0.25, 0.3) is 0 Å². The molecule has 1 aromatic carbocycles. The van der Waals surface area contributed by atoms with Crippen LogP contribution in [-0.4, -0.2) is 36.3 Å². The van der Waals surface area contributed by atoms with E-state index in [0.29, 0.717) is 12.3 Å². The van der Waals surface area contributed by atoms with Crippen LogP contribution in [0.3, 0.4) is 0 Å². The fraction of sp³-hybridized carbons (Fsp3) is 0.556. The first-order valence-corrected chi connectivity index (χ1v) is 8.18. The lowest BCUT2D eigenvalue weighted by Gasteiger charge is -2.31. The fourth-order valence-corrected chi connectivity index (χ4v) is 3.38. The van der Waals surface area contributed by atoms with Crippen LogP contribution in [0.2, 0.25) is 0 Å². The molecule has 0 atom stereocenters. The average Bonchev–Trinajstić information content (AvgIpc) is 3.00. The van der Waals surface area contributed by atoms with Crippen molar-refractivity contribution in [3.63, 3.8) is 0 Å². The van der Waals surface area contributed by atoms with Gasteiger partial charge in [0.2, 0.25) is 5.91 Å². The number of nitrogens with zero attached hydrogens (tertiary/aromatic N) is 1. The number of piperidine rings is 1. The summed E-state index contributed by atoms with van der Waals surface area (Å²) in [6, 6.07) is 5.79. The van der Waals surface area contributed by atoms with Crippen molar-refractivity contribution in [2.75, 3.05) is 19.7 Å². The molecule has 2 heterocycles. The number of hydrogen-bond acceptors (Lipinski definition) is 3. The van der Waals surface area contributed by atoms with Crippen LogP contribution in [0.4, 0.5) is 0 Å². The van der Waals surface area contributed by atoms with Crippen molar-refractivity contribution >= 4 is 11.7 Å². The van der Waals surface area contributed by atoms with Crippen LogP contribution in [0, 0.1) is 5.92 Å². The van der Waals surface area contributed by atoms with Gasteiger partial charge in [-0.05, 0) is 48.9 Å². The normalized spacial score (nSPS) is 18.0. The minimum absolute atomic E-state index is 0.162. The van der Waals surface area contributed by atoms with E-state index < -0.39 is 0 Å². The first kappa shape index (κ1) is 15.1. The summed E-state index contributed by atoms with van der Waals surface area (Å²) in [5, 5.41) is 0. The predicted octanol–water partition coefficient (Wildman–Crippen LogP) is 2.84. The molecule has 4 heteroatoms. The zero-order valence-electron chi connectivity index (χ0n) is 13.1. The highest BCUT2D eigenvalue weighted by atomic mass is 16.5. The van der Waals surface area contributed by atoms with E-state index in [1.165, 1.54) is 0 Å². The number of ketones is 1. The van der Waals surface area contributed by atoms with E-state index in [4.69, 9.17) is 4.74 Å². The van der Waals surface area contributed by atoms with E-state index in [1.54, 1.807) is 6.92 Å². The topological polar surface area (TPSA) is 46.6 Å². The first-order valence-electron chi connectivity index (χ1n) is 8.18. The smallest absolute Gasteiger partial charge is 0.219 e. The number of rotatable bonds is 4. The molecule has 0 spiro atoms. The predicted molar refractivity (Wildman–Crippen MR) is 84.2 cm³/mol. The third-order valence-electron chi connectivity index (χ3n) is 4.85. The monoisotopic (exact) mass is 301 g/mol. The molecule has 0 aliphatic carbocycles. The van der Waals surface area contributed by atoms with Crippen LogP contribution < -0.4 is 4.74 Å². The van der Waals surface area contributed by atoms with Crippen molar-refractivity contribution in [3.8, 4) is 5.75 Å². The highest BCUT2D eigenvalue weighted by Crippen LogP contribution is 2.27. The van der Waals surface area contributed by atoms with Crippen molar-refractivity contribution in [2.24, 2.45) is 5.92 Å². The summed E-state index contributed by atoms with van der Waals surface area (Å²) in [5.41, 5.74) is 1.96. The standard InChI is InChI=1S/C18H23NO3/c1-13(20)19-9-6-14(7-10-19)2-4-17(21)15-3-5-18-16(12-15)8-11-22-18/h3,5,12,14H,2,4,6-11H2,1H3. The zero-order chi connectivity index (χ0) is 15.5. The lowest BCUT2D eigenvalue weighted by molar-refractivity contribution is -0.130. The molecule has 0 bridgehead atoms. The van der Waals surface area contributed by atoms with Crippen molar-refractivity contribution in [3.05, 3.63) is 29.3 Å². The Kier molecular flexibility index (Phi) is 4.46. The summed E-state index contributed by atoms with van der Waals surface area (Å²) in [6.07, 6.45) is 4.47. The number of benzene rings is 1. The summed E-state index contributed by atoms with van der Waals surface area (Å²) < 4.78 is 5.47. The minimum atomic E-state index is 0.162. The largest absolute Gasteiger partial charge is 0.493 e. The highest BCUT2D eigenvalue weighted by molar-refractivity contribution is 5.96. The SMILES string of the molecule is CC(=O)N1CCC(CCC(=O)c2ccc3c(c2)CCO3)CC1. The molecule has 1 aromatic rings. The van der Waals surface area contributed by atoms with E-state index in [2.05, 4.69) is 0 Å². The molecule has 1 amide bonds. The Bertz CT molecular complexity index is 574. The molecule has 3 rings (SSSR count). The molecule has 4 nitrogen and oxygen atoms in total. The Balaban J connectivity index is 1.50. The maximum Gasteiger partial charge on any atom is 0.219 e. The molecule has 0 N–H and O–H groups in total. The zero-order valence-corrected chi connectivity index (χ0v) is 13.1. The van der Waals surface area contributed by atoms with Crippen molar-refractivity contribution in [1.29, 1.82) is 0 Å². The molecule has 2 aliphatic rings. The van der Waals surface area contributed by atoms with Gasteiger partial charge in [0.15, 0.2) is 5.78 Å². The van der Waals surface area contributed by atoms with Crippen LogP contribution in [0.5, 0.6) is 5.75 Å². The van der Waals surface area contributed by atoms with Gasteiger partial charge < -0.3 is 9.64 Å². The van der Waals surface area contributed by atoms with Crippen LogP contribution >= 0.6 is 0 Å². The summed E-state index contributed by atoms with van der Waals surface area (Å²) in [5.74, 6) is 1.88. The minimum Gasteiger partial charge on any atom is -0.493 e. The summed E-state index contributed by atoms with van der Waals surface area (Å²) in [7, 11) is 0. The maximum absolute atomic E-state index is 12.4. The van der Waals surface area contributed by atoms with E-state index in [-0.39, 0.29) is 11.7 Å². The number of Topliss-reactive ketones (excluding diaryl/α,β-unsaturated/α-hetero) is 1. The summed E-state index contributed by atoms with van der Waals surface area (Å²) in [4.78, 5) is 25.6. The Morgan fingerprint density at radius 3 is 2.77 bits per heavy atom. The molecule has 0 unspecified atom stereocenters. The lowest BCUT2D eigenvalue weighted by atomic mass is 9.90. The van der Waals surface area contributed by atoms with Gasteiger partial charge in [0.1, 0.15) is 5.75 Å². The molecular formula is C18H23NO3. The first-order chi connectivity index (χ1) is 10.6. The van der Waals surface area contributed by atoms with Crippen LogP contribution in [0.25, 0.3) is 0 Å². The second kappa shape index (κ2) is 6.51. The second-order valence-corrected chi connectivity index (χ2v) is 6.33. The molecule has 1 fully saturated rings. The molecule has 22 heavy (non-hydrogen) atoms. The Morgan fingerprint density at radius 1 is 1.27 bits per heavy atom. The molecular weight excluding hydrogens is 278 g/mol. The van der Waals surface area contributed by atoms with Gasteiger partial charge in [-0.1, -0.05) is 0 Å². The Labute approximate surface area is 131 Å². The number of ether oxygens (including phenoxy) is 1. The van der Waals surface area contributed by atoms with Crippen LogP contribution in [0.1, 0.15) is 48.5 Å². The van der Waals surface area contributed by atoms with E-state index >= 15 is 0 Å². The van der Waals surface area contributed by atoms with Gasteiger partial charge in [0, 0.05) is 38.4 Å². The van der Waals surface area contributed by atoms with Gasteiger partial charge in [-0.3, -0.25) is 9.59 Å². The third-order valence-corrected chi connectivity index (χ3v) is 4.85. The molecule has 118 valence electrons. The van der Waals surface area contributed by atoms with Gasteiger partial charge in [0.05, 0.1) is 6.61 Å². The molecule has 2 aliphatic heterocycles. The van der Waals surface area contributed by atoms with Crippen LogP contribution in [0.15, 0.2) is 18.2 Å². The van der Waals surface area contributed by atoms with Gasteiger partial charge in [-0.2, -0.15) is 0 Å². The number of likely N-dealkylation sites (tertiary alicyclic amines) is 1. The number of fused-ring (bicyclic) bond motifs is 1. The Hall–Kier alpha value is -1.84. The lowest BCUT2D eigenvalue weighted by Crippen LogP contribution is -2.37. The quantitative estimate of drug-likeness (QED) is 0.803. The number of amides is 1. The van der Waals surface area contributed by atoms with Gasteiger partial charge in [-0.25, -0.2) is 0 Å². The van der Waals surface area contributed by atoms with Gasteiger partial charge >= 0.3 is 0 Å². The van der Waals surface area contributed by atoms with Crippen molar-refractivity contribution in [2.45, 2.75) is 39.0 Å². The van der Waals surface area contributed by atoms with E-state index in [0.717, 1.165) is 62.3 Å². The van der Waals surface area contributed by atoms with Crippen LogP contribution in [-0.2, 0) is 11.2 Å². The molecule has 0 saturated carbocycles. The van der Waals surface area contributed by atoms with Crippen molar-refractivity contribution in [1.82, 2.24) is 4.90 Å². The number of carbonyl (C=O) groups is 2. The fourth-order valence-electron chi connectivity index (χ4n) is 3.38. The number of hydrogen-bond donors (Lipinski definition) is 0. The van der Waals surface area contributed by atoms with Crippen molar-refractivity contribution < 1.29 is 14.3 Å². The van der Waals surface area contributed by atoms with Gasteiger partial charge in [-0.15, -0.1) is 0 Å². The number of carbonyl (C=O) groups excluding carboxylic acids is 2. The average molecular weight is 301 g/mol. The third kappa shape index (κ3) is 3.32. The second-order valence-electron chi connectivity index (χ2n) is 6.33. The molecule has 0 radical (unpaired) electrons. The highest BCUT2D eigenvalue weighted by Gasteiger charge is 2.22. The Morgan fingerprint density at radius 2 is 2.05 bits per heavy atom. The molecule has 0 aromatic heterocycles. The summed E-state index contributed by atoms with van der Waals surface area (Å²) >= 11 is 0. The van der Waals surface area contributed by atoms with E-state index in [9.17, 15) is 9.59 Å². The summed E-state index contributed by atoms with van der Waals surface area (Å²) in [6.45, 7) is 4.03. The van der Waals surface area contributed by atoms with E-state index in [1.807, 2.05) is 23.1 Å². The molecule has 1 saturated heterocycles.